The van der Waals surface area contributed by atoms with Gasteiger partial charge in [0.15, 0.2) is 0 Å². The van der Waals surface area contributed by atoms with Crippen LogP contribution < -0.4 is 10.6 Å². The molecule has 2 aromatic heterocycles. The van der Waals surface area contributed by atoms with Gasteiger partial charge in [0.25, 0.3) is 0 Å². The molecule has 0 saturated heterocycles. The van der Waals surface area contributed by atoms with E-state index in [1.807, 2.05) is 24.3 Å². The molecule has 4 heteroatoms. The van der Waals surface area contributed by atoms with E-state index >= 15 is 0 Å². The highest BCUT2D eigenvalue weighted by Gasteiger charge is 2.20. The fraction of sp³-hybridized carbons (Fsp3) is 0.444. The molecule has 1 aliphatic rings. The average Bonchev–Trinajstić information content (AvgIpc) is 2.57. The lowest BCUT2D eigenvalue weighted by Crippen LogP contribution is -2.30. The number of hydrogen-bond donors (Lipinski definition) is 2. The average molecular weight is 296 g/mol. The van der Waals surface area contributed by atoms with Gasteiger partial charge in [-0.3, -0.25) is 0 Å². The Morgan fingerprint density at radius 3 is 2.55 bits per heavy atom. The summed E-state index contributed by atoms with van der Waals surface area (Å²) in [5.41, 5.74) is 1.17. The van der Waals surface area contributed by atoms with Gasteiger partial charge in [0, 0.05) is 17.9 Å². The molecule has 22 heavy (non-hydrogen) atoms. The SMILES string of the molecule is CNC1CCC(Cc2cccc(Nc3ccccn3)n2)CC1. The van der Waals surface area contributed by atoms with Gasteiger partial charge in [-0.15, -0.1) is 0 Å². The summed E-state index contributed by atoms with van der Waals surface area (Å²) in [6.07, 6.45) is 8.02. The van der Waals surface area contributed by atoms with Crippen molar-refractivity contribution in [2.24, 2.45) is 5.92 Å². The van der Waals surface area contributed by atoms with Crippen LogP contribution in [0.1, 0.15) is 31.4 Å². The minimum absolute atomic E-state index is 0.710. The van der Waals surface area contributed by atoms with E-state index in [9.17, 15) is 0 Å². The van der Waals surface area contributed by atoms with Crippen LogP contribution in [0.4, 0.5) is 11.6 Å². The predicted molar refractivity (Wildman–Crippen MR) is 90.3 cm³/mol. The molecule has 1 aliphatic carbocycles. The maximum absolute atomic E-state index is 4.73. The third kappa shape index (κ3) is 4.04. The van der Waals surface area contributed by atoms with Gasteiger partial charge in [-0.25, -0.2) is 9.97 Å². The molecule has 0 bridgehead atoms. The second-order valence-corrected chi connectivity index (χ2v) is 6.06. The maximum Gasteiger partial charge on any atom is 0.131 e. The molecule has 2 N–H and O–H groups in total. The molecule has 0 aliphatic heterocycles. The van der Waals surface area contributed by atoms with Crippen molar-refractivity contribution in [2.45, 2.75) is 38.1 Å². The summed E-state index contributed by atoms with van der Waals surface area (Å²) in [6, 6.07) is 12.8. The number of aromatic nitrogens is 2. The van der Waals surface area contributed by atoms with Crippen LogP contribution in [0.2, 0.25) is 0 Å². The minimum atomic E-state index is 0.710. The molecule has 0 aromatic carbocycles. The van der Waals surface area contributed by atoms with Crippen molar-refractivity contribution in [2.75, 3.05) is 12.4 Å². The molecule has 3 rings (SSSR count). The number of rotatable bonds is 5. The standard InChI is InChI=1S/C18H24N4/c1-19-15-10-8-14(9-11-15)13-16-5-4-7-18(21-16)22-17-6-2-3-12-20-17/h2-7,12,14-15,19H,8-11,13H2,1H3,(H,20,21,22). The number of nitrogens with one attached hydrogen (secondary N) is 2. The molecule has 2 heterocycles. The van der Waals surface area contributed by atoms with Gasteiger partial charge >= 0.3 is 0 Å². The van der Waals surface area contributed by atoms with Crippen LogP contribution >= 0.6 is 0 Å². The lowest BCUT2D eigenvalue weighted by molar-refractivity contribution is 0.299. The van der Waals surface area contributed by atoms with Crippen molar-refractivity contribution in [3.63, 3.8) is 0 Å². The van der Waals surface area contributed by atoms with Crippen molar-refractivity contribution >= 4 is 11.6 Å². The molecule has 0 spiro atoms. The zero-order valence-corrected chi connectivity index (χ0v) is 13.1. The summed E-state index contributed by atoms with van der Waals surface area (Å²) in [5.74, 6) is 2.48. The third-order valence-electron chi connectivity index (χ3n) is 4.48. The summed E-state index contributed by atoms with van der Waals surface area (Å²) < 4.78 is 0. The van der Waals surface area contributed by atoms with Crippen molar-refractivity contribution < 1.29 is 0 Å². The lowest BCUT2D eigenvalue weighted by atomic mass is 9.83. The quantitative estimate of drug-likeness (QED) is 0.886. The summed E-state index contributed by atoms with van der Waals surface area (Å²) in [6.45, 7) is 0. The molecular formula is C18H24N4. The fourth-order valence-corrected chi connectivity index (χ4v) is 3.18. The Hall–Kier alpha value is -1.94. The van der Waals surface area contributed by atoms with Crippen LogP contribution in [0.25, 0.3) is 0 Å². The zero-order valence-electron chi connectivity index (χ0n) is 13.1. The Bertz CT molecular complexity index is 577. The second-order valence-electron chi connectivity index (χ2n) is 6.06. The minimum Gasteiger partial charge on any atom is -0.325 e. The second kappa shape index (κ2) is 7.36. The maximum atomic E-state index is 4.73. The molecule has 0 atom stereocenters. The Kier molecular flexibility index (Phi) is 5.01. The Morgan fingerprint density at radius 1 is 1.00 bits per heavy atom. The molecule has 0 radical (unpaired) electrons. The number of anilines is 2. The summed E-state index contributed by atoms with van der Waals surface area (Å²) in [4.78, 5) is 9.01. The zero-order chi connectivity index (χ0) is 15.2. The van der Waals surface area contributed by atoms with E-state index in [-0.39, 0.29) is 0 Å². The van der Waals surface area contributed by atoms with Crippen LogP contribution in [0.3, 0.4) is 0 Å². The Balaban J connectivity index is 1.60. The topological polar surface area (TPSA) is 49.8 Å². The Morgan fingerprint density at radius 2 is 1.82 bits per heavy atom. The van der Waals surface area contributed by atoms with E-state index in [0.29, 0.717) is 6.04 Å². The van der Waals surface area contributed by atoms with Crippen molar-refractivity contribution in [3.8, 4) is 0 Å². The van der Waals surface area contributed by atoms with E-state index in [1.54, 1.807) is 6.20 Å². The van der Waals surface area contributed by atoms with Gasteiger partial charge in [0.05, 0.1) is 0 Å². The van der Waals surface area contributed by atoms with E-state index in [2.05, 4.69) is 34.8 Å². The predicted octanol–water partition coefficient (Wildman–Crippen LogP) is 3.54. The molecule has 116 valence electrons. The van der Waals surface area contributed by atoms with E-state index in [0.717, 1.165) is 24.0 Å². The van der Waals surface area contributed by atoms with E-state index in [4.69, 9.17) is 4.98 Å². The first kappa shape index (κ1) is 15.0. The largest absolute Gasteiger partial charge is 0.325 e. The van der Waals surface area contributed by atoms with Crippen LogP contribution in [-0.2, 0) is 6.42 Å². The van der Waals surface area contributed by atoms with Crippen LogP contribution in [0, 0.1) is 5.92 Å². The first-order chi connectivity index (χ1) is 10.8. The molecule has 0 unspecified atom stereocenters. The van der Waals surface area contributed by atoms with Crippen LogP contribution in [0.5, 0.6) is 0 Å². The lowest BCUT2D eigenvalue weighted by Gasteiger charge is -2.28. The molecule has 0 amide bonds. The highest BCUT2D eigenvalue weighted by molar-refractivity contribution is 5.51. The fourth-order valence-electron chi connectivity index (χ4n) is 3.18. The number of hydrogen-bond acceptors (Lipinski definition) is 4. The van der Waals surface area contributed by atoms with Gasteiger partial charge in [0.1, 0.15) is 11.6 Å². The third-order valence-corrected chi connectivity index (χ3v) is 4.48. The summed E-state index contributed by atoms with van der Waals surface area (Å²) in [7, 11) is 2.07. The summed E-state index contributed by atoms with van der Waals surface area (Å²) in [5, 5.41) is 6.66. The molecule has 2 aromatic rings. The highest BCUT2D eigenvalue weighted by atomic mass is 15.0. The van der Waals surface area contributed by atoms with E-state index < -0.39 is 0 Å². The van der Waals surface area contributed by atoms with Crippen molar-refractivity contribution in [1.29, 1.82) is 0 Å². The van der Waals surface area contributed by atoms with E-state index in [1.165, 1.54) is 31.4 Å². The molecular weight excluding hydrogens is 272 g/mol. The molecule has 1 fully saturated rings. The van der Waals surface area contributed by atoms with Crippen molar-refractivity contribution in [1.82, 2.24) is 15.3 Å². The Labute approximate surface area is 132 Å². The van der Waals surface area contributed by atoms with Gasteiger partial charge in [-0.1, -0.05) is 12.1 Å². The first-order valence-corrected chi connectivity index (χ1v) is 8.15. The number of pyridine rings is 2. The summed E-state index contributed by atoms with van der Waals surface area (Å²) >= 11 is 0. The van der Waals surface area contributed by atoms with Crippen LogP contribution in [0.15, 0.2) is 42.6 Å². The van der Waals surface area contributed by atoms with Gasteiger partial charge in [-0.2, -0.15) is 0 Å². The normalized spacial score (nSPS) is 21.5. The monoisotopic (exact) mass is 296 g/mol. The molecule has 1 saturated carbocycles. The highest BCUT2D eigenvalue weighted by Crippen LogP contribution is 2.27. The van der Waals surface area contributed by atoms with Crippen molar-refractivity contribution in [3.05, 3.63) is 48.3 Å². The van der Waals surface area contributed by atoms with Crippen LogP contribution in [-0.4, -0.2) is 23.1 Å². The number of nitrogens with zero attached hydrogens (tertiary/aromatic N) is 2. The van der Waals surface area contributed by atoms with Gasteiger partial charge in [0.2, 0.25) is 0 Å². The smallest absolute Gasteiger partial charge is 0.131 e. The van der Waals surface area contributed by atoms with Gasteiger partial charge < -0.3 is 10.6 Å². The molecule has 4 nitrogen and oxygen atoms in total. The van der Waals surface area contributed by atoms with Gasteiger partial charge in [-0.05, 0) is 69.3 Å². The first-order valence-electron chi connectivity index (χ1n) is 8.15.